The van der Waals surface area contributed by atoms with Gasteiger partial charge in [0.05, 0.1) is 5.69 Å². The molecule has 5 heteroatoms. The molecule has 1 aromatic rings. The first-order valence-electron chi connectivity index (χ1n) is 4.90. The molecule has 1 saturated heterocycles. The predicted molar refractivity (Wildman–Crippen MR) is 66.0 cm³/mol. The van der Waals surface area contributed by atoms with Crippen LogP contribution in [0.4, 0.5) is 5.69 Å². The molecule has 0 unspecified atom stereocenters. The molecule has 1 aliphatic carbocycles. The van der Waals surface area contributed by atoms with Gasteiger partial charge in [0, 0.05) is 8.95 Å². The maximum atomic E-state index is 11.9. The molecule has 2 fully saturated rings. The van der Waals surface area contributed by atoms with Crippen molar-refractivity contribution in [3.63, 3.8) is 0 Å². The summed E-state index contributed by atoms with van der Waals surface area (Å²) in [6.45, 7) is 0. The zero-order valence-corrected chi connectivity index (χ0v) is 11.3. The highest BCUT2D eigenvalue weighted by atomic mass is 79.9. The van der Waals surface area contributed by atoms with Crippen LogP contribution >= 0.6 is 31.9 Å². The largest absolute Gasteiger partial charge is 0.273 e. The third kappa shape index (κ3) is 1.24. The maximum Gasteiger partial charge on any atom is 0.249 e. The van der Waals surface area contributed by atoms with Gasteiger partial charge in [0.1, 0.15) is 5.41 Å². The van der Waals surface area contributed by atoms with Crippen molar-refractivity contribution >= 4 is 49.4 Å². The summed E-state index contributed by atoms with van der Waals surface area (Å²) in [5, 5.41) is 0. The van der Waals surface area contributed by atoms with Gasteiger partial charge < -0.3 is 0 Å². The number of carbonyl (C=O) groups excluding carboxylic acids is 2. The molecule has 16 heavy (non-hydrogen) atoms. The maximum absolute atomic E-state index is 11.9. The van der Waals surface area contributed by atoms with Crippen molar-refractivity contribution in [2.24, 2.45) is 5.41 Å². The van der Waals surface area contributed by atoms with E-state index in [2.05, 4.69) is 31.9 Å². The van der Waals surface area contributed by atoms with Crippen molar-refractivity contribution in [1.29, 1.82) is 0 Å². The Morgan fingerprint density at radius 3 is 1.94 bits per heavy atom. The van der Waals surface area contributed by atoms with Crippen LogP contribution in [0.15, 0.2) is 27.1 Å². The van der Waals surface area contributed by atoms with Gasteiger partial charge in [-0.1, -0.05) is 31.9 Å². The van der Waals surface area contributed by atoms with E-state index >= 15 is 0 Å². The summed E-state index contributed by atoms with van der Waals surface area (Å²) >= 11 is 6.68. The van der Waals surface area contributed by atoms with Crippen LogP contribution in [0.5, 0.6) is 0 Å². The number of carbonyl (C=O) groups is 2. The first-order chi connectivity index (χ1) is 7.54. The lowest BCUT2D eigenvalue weighted by Gasteiger charge is -2.36. The lowest BCUT2D eigenvalue weighted by Crippen LogP contribution is -2.59. The fraction of sp³-hybridized carbons (Fsp3) is 0.273. The molecule has 3 nitrogen and oxygen atoms in total. The van der Waals surface area contributed by atoms with Crippen LogP contribution in [-0.2, 0) is 9.59 Å². The standard InChI is InChI=1S/C11H7Br2NO2/c12-6-3-7(13)5-8(4-6)14-9(15)11(1-2-11)10(14)16/h3-5H,1-2H2. The Kier molecular flexibility index (Phi) is 2.07. The number of hydrogen-bond donors (Lipinski definition) is 0. The van der Waals surface area contributed by atoms with E-state index in [1.54, 1.807) is 12.1 Å². The number of nitrogens with zero attached hydrogens (tertiary/aromatic N) is 1. The van der Waals surface area contributed by atoms with E-state index in [0.29, 0.717) is 5.69 Å². The van der Waals surface area contributed by atoms with Crippen LogP contribution < -0.4 is 4.90 Å². The SMILES string of the molecule is O=C1N(c2cc(Br)cc(Br)c2)C(=O)C12CC2. The summed E-state index contributed by atoms with van der Waals surface area (Å²) in [5.74, 6) is -0.106. The highest BCUT2D eigenvalue weighted by Gasteiger charge is 2.69. The Hall–Kier alpha value is -0.680. The van der Waals surface area contributed by atoms with Gasteiger partial charge in [0.2, 0.25) is 11.8 Å². The number of halogens is 2. The second-order valence-electron chi connectivity index (χ2n) is 4.16. The average molecular weight is 345 g/mol. The molecule has 0 radical (unpaired) electrons. The van der Waals surface area contributed by atoms with Crippen LogP contribution in [0.1, 0.15) is 12.8 Å². The Balaban J connectivity index is 1.99. The lowest BCUT2D eigenvalue weighted by atomic mass is 9.93. The fourth-order valence-corrected chi connectivity index (χ4v) is 3.28. The van der Waals surface area contributed by atoms with Crippen LogP contribution in [0.2, 0.25) is 0 Å². The minimum atomic E-state index is -0.630. The third-order valence-electron chi connectivity index (χ3n) is 3.08. The first kappa shape index (κ1) is 10.5. The third-order valence-corrected chi connectivity index (χ3v) is 4.00. The van der Waals surface area contributed by atoms with E-state index in [9.17, 15) is 9.59 Å². The Bertz CT molecular complexity index is 484. The smallest absolute Gasteiger partial charge is 0.249 e. The van der Waals surface area contributed by atoms with E-state index < -0.39 is 5.41 Å². The molecule has 82 valence electrons. The first-order valence-corrected chi connectivity index (χ1v) is 6.48. The molecule has 2 amide bonds. The summed E-state index contributed by atoms with van der Waals surface area (Å²) in [4.78, 5) is 25.0. The number of benzene rings is 1. The molecule has 1 saturated carbocycles. The molecule has 0 bridgehead atoms. The molecule has 2 aliphatic rings. The predicted octanol–water partition coefficient (Wildman–Crippen LogP) is 2.87. The summed E-state index contributed by atoms with van der Waals surface area (Å²) < 4.78 is 1.68. The number of anilines is 1. The van der Waals surface area contributed by atoms with Crippen LogP contribution in [0, 0.1) is 5.41 Å². The van der Waals surface area contributed by atoms with Gasteiger partial charge in [-0.3, -0.25) is 9.59 Å². The van der Waals surface area contributed by atoms with Crippen LogP contribution in [0.3, 0.4) is 0 Å². The topological polar surface area (TPSA) is 37.4 Å². The second kappa shape index (κ2) is 3.17. The van der Waals surface area contributed by atoms with Gasteiger partial charge in [-0.15, -0.1) is 0 Å². The molecule has 0 aromatic heterocycles. The van der Waals surface area contributed by atoms with Crippen LogP contribution in [-0.4, -0.2) is 11.8 Å². The number of amides is 2. The van der Waals surface area contributed by atoms with Crippen molar-refractivity contribution in [2.75, 3.05) is 4.90 Å². The summed E-state index contributed by atoms with van der Waals surface area (Å²) in [5.41, 5.74) is 0.00296. The molecular formula is C11H7Br2NO2. The average Bonchev–Trinajstić information content (AvgIpc) is 2.97. The molecule has 0 N–H and O–H groups in total. The monoisotopic (exact) mass is 343 g/mol. The minimum absolute atomic E-state index is 0.0532. The van der Waals surface area contributed by atoms with Gasteiger partial charge in [0.25, 0.3) is 0 Å². The van der Waals surface area contributed by atoms with E-state index in [4.69, 9.17) is 0 Å². The zero-order chi connectivity index (χ0) is 11.5. The highest BCUT2D eigenvalue weighted by Crippen LogP contribution is 2.56. The Morgan fingerprint density at radius 2 is 1.50 bits per heavy atom. The normalized spacial score (nSPS) is 21.2. The summed E-state index contributed by atoms with van der Waals surface area (Å²) in [7, 11) is 0. The van der Waals surface area contributed by atoms with Gasteiger partial charge in [0.15, 0.2) is 0 Å². The van der Waals surface area contributed by atoms with Crippen molar-refractivity contribution in [1.82, 2.24) is 0 Å². The lowest BCUT2D eigenvalue weighted by molar-refractivity contribution is -0.145. The van der Waals surface area contributed by atoms with E-state index in [-0.39, 0.29) is 11.8 Å². The molecule has 1 aromatic carbocycles. The molecule has 1 aliphatic heterocycles. The zero-order valence-electron chi connectivity index (χ0n) is 8.17. The molecule has 3 rings (SSSR count). The Morgan fingerprint density at radius 1 is 1.00 bits per heavy atom. The van der Waals surface area contributed by atoms with E-state index in [0.717, 1.165) is 21.8 Å². The number of rotatable bonds is 1. The van der Waals surface area contributed by atoms with E-state index in [1.807, 2.05) is 6.07 Å². The quantitative estimate of drug-likeness (QED) is 0.580. The fourth-order valence-electron chi connectivity index (χ4n) is 2.01. The van der Waals surface area contributed by atoms with Gasteiger partial charge in [-0.05, 0) is 31.0 Å². The van der Waals surface area contributed by atoms with Crippen molar-refractivity contribution < 1.29 is 9.59 Å². The molecule has 1 spiro atoms. The molecular weight excluding hydrogens is 338 g/mol. The number of hydrogen-bond acceptors (Lipinski definition) is 2. The van der Waals surface area contributed by atoms with Gasteiger partial charge in [-0.25, -0.2) is 4.90 Å². The van der Waals surface area contributed by atoms with Gasteiger partial charge >= 0.3 is 0 Å². The van der Waals surface area contributed by atoms with Gasteiger partial charge in [-0.2, -0.15) is 0 Å². The second-order valence-corrected chi connectivity index (χ2v) is 5.99. The number of β-lactam (4-membered cyclic amide) rings is 2. The number of imide groups is 1. The highest BCUT2D eigenvalue weighted by molar-refractivity contribution is 9.11. The molecule has 0 atom stereocenters. The van der Waals surface area contributed by atoms with Crippen molar-refractivity contribution in [3.05, 3.63) is 27.1 Å². The summed E-state index contributed by atoms with van der Waals surface area (Å²) in [6, 6.07) is 5.41. The minimum Gasteiger partial charge on any atom is -0.273 e. The summed E-state index contributed by atoms with van der Waals surface area (Å²) in [6.07, 6.45) is 1.44. The Labute approximate surface area is 109 Å². The molecule has 1 heterocycles. The van der Waals surface area contributed by atoms with E-state index in [1.165, 1.54) is 4.90 Å². The van der Waals surface area contributed by atoms with Crippen LogP contribution in [0.25, 0.3) is 0 Å². The van der Waals surface area contributed by atoms with Crippen molar-refractivity contribution in [2.45, 2.75) is 12.8 Å². The van der Waals surface area contributed by atoms with Crippen molar-refractivity contribution in [3.8, 4) is 0 Å².